The number of rotatable bonds is 8. The molecule has 0 N–H and O–H groups in total. The van der Waals surface area contributed by atoms with Crippen LogP contribution in [0.3, 0.4) is 0 Å². The van der Waals surface area contributed by atoms with E-state index in [4.69, 9.17) is 14.2 Å². The Hall–Kier alpha value is -3.54. The smallest absolute Gasteiger partial charge is 0.266 e. The van der Waals surface area contributed by atoms with Gasteiger partial charge in [0.15, 0.2) is 11.5 Å². The zero-order chi connectivity index (χ0) is 22.7. The number of carbonyl (C=O) groups is 1. The highest BCUT2D eigenvalue weighted by Crippen LogP contribution is 2.39. The SMILES string of the molecule is COc1ccc(CCN2C(=O)[C@H](Oc3ccccc3C)[C@@H]2c2cccc(F)c2)cc1OC. The van der Waals surface area contributed by atoms with Crippen molar-refractivity contribution >= 4 is 5.91 Å². The van der Waals surface area contributed by atoms with E-state index >= 15 is 0 Å². The van der Waals surface area contributed by atoms with Crippen LogP contribution < -0.4 is 14.2 Å². The van der Waals surface area contributed by atoms with Gasteiger partial charge in [0.2, 0.25) is 6.10 Å². The van der Waals surface area contributed by atoms with E-state index in [0.717, 1.165) is 16.7 Å². The topological polar surface area (TPSA) is 48.0 Å². The Balaban J connectivity index is 1.55. The van der Waals surface area contributed by atoms with Gasteiger partial charge in [-0.2, -0.15) is 0 Å². The number of carbonyl (C=O) groups excluding carboxylic acids is 1. The second kappa shape index (κ2) is 9.30. The van der Waals surface area contributed by atoms with Crippen LogP contribution in [0.15, 0.2) is 66.7 Å². The molecule has 1 heterocycles. The summed E-state index contributed by atoms with van der Waals surface area (Å²) in [6.45, 7) is 2.41. The minimum absolute atomic E-state index is 0.108. The first-order chi connectivity index (χ1) is 15.5. The van der Waals surface area contributed by atoms with Crippen LogP contribution in [0.25, 0.3) is 0 Å². The highest BCUT2D eigenvalue weighted by atomic mass is 19.1. The zero-order valence-electron chi connectivity index (χ0n) is 18.4. The number of para-hydroxylation sites is 1. The Morgan fingerprint density at radius 3 is 2.41 bits per heavy atom. The maximum Gasteiger partial charge on any atom is 0.266 e. The number of methoxy groups -OCH3 is 2. The molecule has 3 aromatic carbocycles. The molecule has 1 amide bonds. The highest BCUT2D eigenvalue weighted by Gasteiger charge is 2.50. The lowest BCUT2D eigenvalue weighted by molar-refractivity contribution is -0.164. The average molecular weight is 435 g/mol. The molecule has 5 nitrogen and oxygen atoms in total. The van der Waals surface area contributed by atoms with E-state index in [2.05, 4.69) is 0 Å². The Kier molecular flexibility index (Phi) is 6.30. The van der Waals surface area contributed by atoms with Crippen LogP contribution in [0.4, 0.5) is 4.39 Å². The minimum atomic E-state index is -0.691. The number of hydrogen-bond acceptors (Lipinski definition) is 4. The van der Waals surface area contributed by atoms with Gasteiger partial charge in [-0.05, 0) is 60.4 Å². The minimum Gasteiger partial charge on any atom is -0.493 e. The van der Waals surface area contributed by atoms with Gasteiger partial charge in [-0.3, -0.25) is 4.79 Å². The van der Waals surface area contributed by atoms with Crippen LogP contribution in [0, 0.1) is 12.7 Å². The molecule has 0 radical (unpaired) electrons. The molecule has 0 bridgehead atoms. The molecule has 166 valence electrons. The molecule has 1 fully saturated rings. The van der Waals surface area contributed by atoms with Crippen molar-refractivity contribution in [2.45, 2.75) is 25.5 Å². The fourth-order valence-electron chi connectivity index (χ4n) is 4.04. The van der Waals surface area contributed by atoms with Crippen LogP contribution in [0.1, 0.15) is 22.7 Å². The Labute approximate surface area is 187 Å². The molecule has 0 aromatic heterocycles. The van der Waals surface area contributed by atoms with Crippen molar-refractivity contribution < 1.29 is 23.4 Å². The van der Waals surface area contributed by atoms with Crippen LogP contribution in [-0.4, -0.2) is 37.7 Å². The molecule has 0 unspecified atom stereocenters. The third-order valence-electron chi connectivity index (χ3n) is 5.78. The summed E-state index contributed by atoms with van der Waals surface area (Å²) in [6, 6.07) is 19.3. The van der Waals surface area contributed by atoms with Crippen molar-refractivity contribution in [3.8, 4) is 17.2 Å². The number of nitrogens with zero attached hydrogens (tertiary/aromatic N) is 1. The van der Waals surface area contributed by atoms with Crippen molar-refractivity contribution in [3.63, 3.8) is 0 Å². The predicted octanol–water partition coefficient (Wildman–Crippen LogP) is 4.72. The number of amides is 1. The molecule has 32 heavy (non-hydrogen) atoms. The van der Waals surface area contributed by atoms with Crippen molar-refractivity contribution in [2.24, 2.45) is 0 Å². The van der Waals surface area contributed by atoms with Crippen LogP contribution in [0.5, 0.6) is 17.2 Å². The third-order valence-corrected chi connectivity index (χ3v) is 5.78. The van der Waals surface area contributed by atoms with Gasteiger partial charge < -0.3 is 19.1 Å². The number of hydrogen-bond donors (Lipinski definition) is 0. The van der Waals surface area contributed by atoms with E-state index in [1.54, 1.807) is 25.2 Å². The maximum atomic E-state index is 14.0. The molecule has 1 saturated heterocycles. The second-order valence-electron chi connectivity index (χ2n) is 7.77. The molecule has 3 aromatic rings. The first-order valence-electron chi connectivity index (χ1n) is 10.5. The van der Waals surface area contributed by atoms with Gasteiger partial charge in [0.25, 0.3) is 5.91 Å². The predicted molar refractivity (Wildman–Crippen MR) is 120 cm³/mol. The van der Waals surface area contributed by atoms with E-state index in [0.29, 0.717) is 30.2 Å². The van der Waals surface area contributed by atoms with Gasteiger partial charge in [0.1, 0.15) is 17.6 Å². The molecule has 0 spiro atoms. The summed E-state index contributed by atoms with van der Waals surface area (Å²) in [5.41, 5.74) is 2.68. The molecule has 4 rings (SSSR count). The van der Waals surface area contributed by atoms with Crippen molar-refractivity contribution in [2.75, 3.05) is 20.8 Å². The fourth-order valence-corrected chi connectivity index (χ4v) is 4.04. The van der Waals surface area contributed by atoms with E-state index in [-0.39, 0.29) is 17.8 Å². The number of β-lactam (4-membered cyclic amide) rings is 1. The molecule has 0 aliphatic carbocycles. The number of halogens is 1. The van der Waals surface area contributed by atoms with E-state index in [9.17, 15) is 9.18 Å². The van der Waals surface area contributed by atoms with Gasteiger partial charge in [-0.25, -0.2) is 4.39 Å². The van der Waals surface area contributed by atoms with Crippen molar-refractivity contribution in [1.29, 1.82) is 0 Å². The van der Waals surface area contributed by atoms with Gasteiger partial charge in [0, 0.05) is 6.54 Å². The lowest BCUT2D eigenvalue weighted by Gasteiger charge is -2.47. The lowest BCUT2D eigenvalue weighted by atomic mass is 9.89. The molecule has 1 aliphatic heterocycles. The summed E-state index contributed by atoms with van der Waals surface area (Å²) in [5.74, 6) is 1.51. The van der Waals surface area contributed by atoms with Crippen LogP contribution in [0.2, 0.25) is 0 Å². The van der Waals surface area contributed by atoms with Gasteiger partial charge in [0.05, 0.1) is 14.2 Å². The molecule has 2 atom stereocenters. The number of aryl methyl sites for hydroxylation is 1. The normalized spacial score (nSPS) is 17.6. The number of ether oxygens (including phenoxy) is 3. The van der Waals surface area contributed by atoms with E-state index < -0.39 is 6.10 Å². The highest BCUT2D eigenvalue weighted by molar-refractivity contribution is 5.89. The van der Waals surface area contributed by atoms with Crippen LogP contribution >= 0.6 is 0 Å². The standard InChI is InChI=1S/C26H26FNO4/c1-17-7-4-5-10-21(17)32-25-24(19-8-6-9-20(27)16-19)28(26(25)29)14-13-18-11-12-22(30-2)23(15-18)31-3/h4-12,15-16,24-25H,13-14H2,1-3H3/t24-,25+/m0/s1. The average Bonchev–Trinajstić information content (AvgIpc) is 2.81. The largest absolute Gasteiger partial charge is 0.493 e. The summed E-state index contributed by atoms with van der Waals surface area (Å²) < 4.78 is 30.7. The molecular weight excluding hydrogens is 409 g/mol. The van der Waals surface area contributed by atoms with Gasteiger partial charge >= 0.3 is 0 Å². The second-order valence-corrected chi connectivity index (χ2v) is 7.77. The first-order valence-corrected chi connectivity index (χ1v) is 10.5. The van der Waals surface area contributed by atoms with E-state index in [1.807, 2.05) is 55.5 Å². The molecule has 0 saturated carbocycles. The third kappa shape index (κ3) is 4.26. The molecule has 1 aliphatic rings. The summed E-state index contributed by atoms with van der Waals surface area (Å²) in [5, 5.41) is 0. The van der Waals surface area contributed by atoms with E-state index in [1.165, 1.54) is 12.1 Å². The molecule has 6 heteroatoms. The van der Waals surface area contributed by atoms with Crippen molar-refractivity contribution in [3.05, 3.63) is 89.2 Å². The quantitative estimate of drug-likeness (QED) is 0.480. The van der Waals surface area contributed by atoms with Crippen molar-refractivity contribution in [1.82, 2.24) is 4.90 Å². The first kappa shape index (κ1) is 21.7. The van der Waals surface area contributed by atoms with Crippen LogP contribution in [-0.2, 0) is 11.2 Å². The molecular formula is C26H26FNO4. The maximum absolute atomic E-state index is 14.0. The monoisotopic (exact) mass is 435 g/mol. The Morgan fingerprint density at radius 2 is 1.69 bits per heavy atom. The van der Waals surface area contributed by atoms with Gasteiger partial charge in [-0.1, -0.05) is 36.4 Å². The van der Waals surface area contributed by atoms with Gasteiger partial charge in [-0.15, -0.1) is 0 Å². The Bertz CT molecular complexity index is 1120. The summed E-state index contributed by atoms with van der Waals surface area (Å²) in [6.07, 6.45) is -0.0714. The number of benzene rings is 3. The number of likely N-dealkylation sites (tertiary alicyclic amines) is 1. The summed E-state index contributed by atoms with van der Waals surface area (Å²) >= 11 is 0. The lowest BCUT2D eigenvalue weighted by Crippen LogP contribution is -2.61. The summed E-state index contributed by atoms with van der Waals surface area (Å²) in [4.78, 5) is 14.8. The Morgan fingerprint density at radius 1 is 0.906 bits per heavy atom. The fraction of sp³-hybridized carbons (Fsp3) is 0.269. The zero-order valence-corrected chi connectivity index (χ0v) is 18.4. The summed E-state index contributed by atoms with van der Waals surface area (Å²) in [7, 11) is 3.18.